The lowest BCUT2D eigenvalue weighted by Gasteiger charge is -2.05. The summed E-state index contributed by atoms with van der Waals surface area (Å²) < 4.78 is 1.65. The van der Waals surface area contributed by atoms with E-state index in [-0.39, 0.29) is 15.4 Å². The van der Waals surface area contributed by atoms with Crippen LogP contribution < -0.4 is 5.56 Å². The van der Waals surface area contributed by atoms with Gasteiger partial charge in [-0.2, -0.15) is 10.1 Å². The van der Waals surface area contributed by atoms with Crippen LogP contribution in [0.25, 0.3) is 11.8 Å². The molecule has 8 nitrogen and oxygen atoms in total. The Morgan fingerprint density at radius 3 is 2.59 bits per heavy atom. The lowest BCUT2D eigenvalue weighted by molar-refractivity contribution is -0.122. The molecule has 0 radical (unpaired) electrons. The van der Waals surface area contributed by atoms with Crippen LogP contribution in [0.3, 0.4) is 0 Å². The summed E-state index contributed by atoms with van der Waals surface area (Å²) in [7, 11) is 0. The van der Waals surface area contributed by atoms with Crippen molar-refractivity contribution >= 4 is 52.5 Å². The minimum atomic E-state index is -1.05. The normalized spacial score (nSPS) is 15.1. The highest BCUT2D eigenvalue weighted by molar-refractivity contribution is 8.26. The van der Waals surface area contributed by atoms with E-state index in [0.29, 0.717) is 27.4 Å². The minimum absolute atomic E-state index is 0.116. The van der Waals surface area contributed by atoms with Gasteiger partial charge in [0.2, 0.25) is 0 Å². The van der Waals surface area contributed by atoms with Crippen molar-refractivity contribution in [3.8, 4) is 5.69 Å². The molecule has 34 heavy (non-hydrogen) atoms. The van der Waals surface area contributed by atoms with E-state index in [0.717, 1.165) is 27.9 Å². The van der Waals surface area contributed by atoms with Crippen LogP contribution in [-0.2, 0) is 4.79 Å². The first-order valence-corrected chi connectivity index (χ1v) is 11.4. The van der Waals surface area contributed by atoms with Crippen LogP contribution in [0.15, 0.2) is 57.3 Å². The third kappa shape index (κ3) is 4.50. The number of aromatic nitrogens is 2. The van der Waals surface area contributed by atoms with Crippen LogP contribution in [0.5, 0.6) is 0 Å². The molecule has 1 saturated heterocycles. The fourth-order valence-electron chi connectivity index (χ4n) is 3.35. The zero-order valence-electron chi connectivity index (χ0n) is 18.5. The van der Waals surface area contributed by atoms with Crippen molar-refractivity contribution in [2.24, 2.45) is 5.10 Å². The van der Waals surface area contributed by atoms with E-state index < -0.39 is 11.9 Å². The molecule has 1 aliphatic rings. The van der Waals surface area contributed by atoms with Crippen LogP contribution in [0.2, 0.25) is 0 Å². The maximum Gasteiger partial charge on any atom is 0.335 e. The third-order valence-electron chi connectivity index (χ3n) is 5.37. The number of carboxylic acid groups (broad SMARTS) is 1. The van der Waals surface area contributed by atoms with E-state index in [4.69, 9.17) is 17.3 Å². The third-order valence-corrected chi connectivity index (χ3v) is 6.66. The van der Waals surface area contributed by atoms with Crippen molar-refractivity contribution in [2.45, 2.75) is 20.8 Å². The molecular formula is C24H20N4O4S2. The van der Waals surface area contributed by atoms with E-state index in [1.54, 1.807) is 25.1 Å². The zero-order chi connectivity index (χ0) is 24.6. The van der Waals surface area contributed by atoms with E-state index in [2.05, 4.69) is 10.2 Å². The molecule has 3 aromatic rings. The zero-order valence-corrected chi connectivity index (χ0v) is 20.2. The van der Waals surface area contributed by atoms with Crippen molar-refractivity contribution in [1.82, 2.24) is 14.8 Å². The summed E-state index contributed by atoms with van der Waals surface area (Å²) in [6.07, 6.45) is 2.89. The number of aromatic carboxylic acids is 1. The number of hydrazone groups is 1. The smallest absolute Gasteiger partial charge is 0.335 e. The number of carboxylic acids is 1. The van der Waals surface area contributed by atoms with Crippen LogP contribution >= 0.6 is 24.0 Å². The van der Waals surface area contributed by atoms with Crippen LogP contribution in [0.1, 0.15) is 38.3 Å². The second-order valence-electron chi connectivity index (χ2n) is 7.73. The number of aryl methyl sites for hydroxylation is 3. The second-order valence-corrected chi connectivity index (χ2v) is 9.40. The van der Waals surface area contributed by atoms with E-state index in [1.165, 1.54) is 23.0 Å². The molecule has 0 saturated carbocycles. The minimum Gasteiger partial charge on any atom is -0.478 e. The van der Waals surface area contributed by atoms with Gasteiger partial charge in [-0.05, 0) is 80.0 Å². The van der Waals surface area contributed by atoms with Gasteiger partial charge in [-0.3, -0.25) is 14.7 Å². The van der Waals surface area contributed by atoms with Gasteiger partial charge in [0.1, 0.15) is 0 Å². The molecule has 0 spiro atoms. The highest BCUT2D eigenvalue weighted by Gasteiger charge is 2.32. The quantitative estimate of drug-likeness (QED) is 0.316. The number of nitrogens with zero attached hydrogens (tertiary/aromatic N) is 3. The second kappa shape index (κ2) is 9.24. The predicted octanol–water partition coefficient (Wildman–Crippen LogP) is 4.02. The number of H-pyrrole nitrogens is 1. The molecule has 2 heterocycles. The number of rotatable bonds is 5. The molecule has 1 amide bonds. The van der Waals surface area contributed by atoms with Crippen LogP contribution in [0.4, 0.5) is 0 Å². The molecule has 4 rings (SSSR count). The topological polar surface area (TPSA) is 108 Å². The molecule has 1 aliphatic heterocycles. The fraction of sp³-hybridized carbons (Fsp3) is 0.125. The van der Waals surface area contributed by atoms with Gasteiger partial charge in [0, 0.05) is 5.69 Å². The first-order chi connectivity index (χ1) is 16.2. The Hall–Kier alpha value is -3.76. The molecule has 1 fully saturated rings. The summed E-state index contributed by atoms with van der Waals surface area (Å²) in [5, 5.41) is 17.4. The number of hydrogen-bond acceptors (Lipinski definition) is 6. The van der Waals surface area contributed by atoms with E-state index in [1.807, 2.05) is 32.0 Å². The lowest BCUT2D eigenvalue weighted by Crippen LogP contribution is -2.23. The molecular weight excluding hydrogens is 472 g/mol. The maximum atomic E-state index is 13.0. The molecule has 0 bridgehead atoms. The highest BCUT2D eigenvalue weighted by atomic mass is 32.2. The average Bonchev–Trinajstić information content (AvgIpc) is 3.23. The van der Waals surface area contributed by atoms with Gasteiger partial charge in [-0.15, -0.1) is 0 Å². The van der Waals surface area contributed by atoms with Crippen molar-refractivity contribution in [3.05, 3.63) is 91.2 Å². The summed E-state index contributed by atoms with van der Waals surface area (Å²) in [6, 6.07) is 12.0. The number of carbonyl (C=O) groups is 2. The van der Waals surface area contributed by atoms with E-state index >= 15 is 0 Å². The molecule has 2 aromatic carbocycles. The Balaban J connectivity index is 1.60. The number of thiocarbonyl (C=S) groups is 1. The molecule has 0 unspecified atom stereocenters. The number of aromatic amines is 1. The largest absolute Gasteiger partial charge is 0.478 e. The first kappa shape index (κ1) is 23.4. The Bertz CT molecular complexity index is 1470. The Morgan fingerprint density at radius 1 is 1.12 bits per heavy atom. The molecule has 2 N–H and O–H groups in total. The number of amides is 1. The predicted molar refractivity (Wildman–Crippen MR) is 137 cm³/mol. The van der Waals surface area contributed by atoms with Gasteiger partial charge in [0.15, 0.2) is 4.32 Å². The molecule has 0 aliphatic carbocycles. The highest BCUT2D eigenvalue weighted by Crippen LogP contribution is 2.32. The number of thioether (sulfide) groups is 1. The number of benzene rings is 2. The molecule has 1 aromatic heterocycles. The maximum absolute atomic E-state index is 13.0. The van der Waals surface area contributed by atoms with Crippen molar-refractivity contribution in [1.29, 1.82) is 0 Å². The van der Waals surface area contributed by atoms with Crippen LogP contribution in [-0.4, -0.2) is 42.3 Å². The molecule has 0 atom stereocenters. The van der Waals surface area contributed by atoms with Crippen molar-refractivity contribution < 1.29 is 14.7 Å². The summed E-state index contributed by atoms with van der Waals surface area (Å²) in [5.74, 6) is -1.50. The lowest BCUT2D eigenvalue weighted by atomic mass is 10.1. The van der Waals surface area contributed by atoms with Gasteiger partial charge in [0.25, 0.3) is 11.5 Å². The monoisotopic (exact) mass is 492 g/mol. The standard InChI is InChI=1S/C24H20N4O4S2/c1-13-7-8-18(9-14(13)2)27-21(29)19(15(3)26-27)12-25-28-22(30)20(34-24(28)33)11-16-5-4-6-17(10-16)23(31)32/h4-12,26H,1-3H3,(H,31,32). The van der Waals surface area contributed by atoms with Crippen molar-refractivity contribution in [3.63, 3.8) is 0 Å². The molecule has 10 heteroatoms. The number of carbonyl (C=O) groups excluding carboxylic acids is 1. The van der Waals surface area contributed by atoms with Crippen molar-refractivity contribution in [2.75, 3.05) is 0 Å². The van der Waals surface area contributed by atoms with Gasteiger partial charge in [-0.1, -0.05) is 30.0 Å². The summed E-state index contributed by atoms with van der Waals surface area (Å²) in [4.78, 5) is 37.3. The summed E-state index contributed by atoms with van der Waals surface area (Å²) in [6.45, 7) is 5.72. The number of nitrogens with one attached hydrogen (secondary N) is 1. The van der Waals surface area contributed by atoms with Gasteiger partial charge < -0.3 is 5.11 Å². The SMILES string of the molecule is Cc1ccc(-n2[nH]c(C)c(C=NN3C(=O)C(=Cc4cccc(C(=O)O)c4)SC3=S)c2=O)cc1C. The average molecular weight is 493 g/mol. The molecule has 172 valence electrons. The van der Waals surface area contributed by atoms with E-state index in [9.17, 15) is 14.4 Å². The van der Waals surface area contributed by atoms with Gasteiger partial charge >= 0.3 is 5.97 Å². The number of hydrogen-bond donors (Lipinski definition) is 2. The summed E-state index contributed by atoms with van der Waals surface area (Å²) >= 11 is 6.35. The Labute approximate surface area is 204 Å². The Morgan fingerprint density at radius 2 is 1.88 bits per heavy atom. The van der Waals surface area contributed by atoms with Gasteiger partial charge in [-0.25, -0.2) is 9.48 Å². The first-order valence-electron chi connectivity index (χ1n) is 10.2. The Kier molecular flexibility index (Phi) is 6.36. The fourth-order valence-corrected chi connectivity index (χ4v) is 4.52. The van der Waals surface area contributed by atoms with Crippen LogP contribution in [0, 0.1) is 20.8 Å². The van der Waals surface area contributed by atoms with Gasteiger partial charge in [0.05, 0.1) is 27.9 Å². The summed E-state index contributed by atoms with van der Waals surface area (Å²) in [5.41, 5.74) is 4.17.